The number of nitrogens with one attached hydrogen (secondary N) is 1. The van der Waals surface area contributed by atoms with Crippen LogP contribution in [0.2, 0.25) is 0 Å². The van der Waals surface area contributed by atoms with Crippen LogP contribution in [0, 0.1) is 0 Å². The number of methoxy groups -OCH3 is 1. The van der Waals surface area contributed by atoms with E-state index in [2.05, 4.69) is 9.97 Å². The van der Waals surface area contributed by atoms with Gasteiger partial charge in [0, 0.05) is 17.8 Å². The summed E-state index contributed by atoms with van der Waals surface area (Å²) < 4.78 is 4.77. The third kappa shape index (κ3) is 1.96. The summed E-state index contributed by atoms with van der Waals surface area (Å²) in [7, 11) is 1.42. The van der Waals surface area contributed by atoms with Crippen molar-refractivity contribution >= 4 is 5.97 Å². The van der Waals surface area contributed by atoms with Gasteiger partial charge >= 0.3 is 5.97 Å². The first-order valence-corrected chi connectivity index (χ1v) is 5.88. The Morgan fingerprint density at radius 3 is 2.94 bits per heavy atom. The number of esters is 1. The molecule has 1 aromatic rings. The summed E-state index contributed by atoms with van der Waals surface area (Å²) in [6, 6.07) is 0. The second-order valence-electron chi connectivity index (χ2n) is 4.34. The summed E-state index contributed by atoms with van der Waals surface area (Å²) in [4.78, 5) is 19.1. The van der Waals surface area contributed by atoms with Gasteiger partial charge in [-0.25, -0.2) is 4.98 Å². The van der Waals surface area contributed by atoms with Gasteiger partial charge in [-0.15, -0.1) is 0 Å². The van der Waals surface area contributed by atoms with Crippen LogP contribution < -0.4 is 0 Å². The monoisotopic (exact) mass is 222 g/mol. The number of aromatic amines is 1. The Hall–Kier alpha value is -1.32. The molecule has 0 aromatic carbocycles. The molecule has 0 spiro atoms. The topological polar surface area (TPSA) is 55.0 Å². The van der Waals surface area contributed by atoms with Gasteiger partial charge in [0.1, 0.15) is 11.7 Å². The minimum absolute atomic E-state index is 0.211. The maximum Gasteiger partial charge on any atom is 0.316 e. The number of carbonyl (C=O) groups is 1. The number of rotatable bonds is 4. The Labute approximate surface area is 95.4 Å². The van der Waals surface area contributed by atoms with E-state index in [0.717, 1.165) is 5.82 Å². The molecule has 1 heterocycles. The fourth-order valence-electron chi connectivity index (χ4n) is 2.07. The van der Waals surface area contributed by atoms with Crippen molar-refractivity contribution in [1.82, 2.24) is 9.97 Å². The molecule has 88 valence electrons. The number of ether oxygens (including phenoxy) is 1. The van der Waals surface area contributed by atoms with Crippen molar-refractivity contribution < 1.29 is 9.53 Å². The molecule has 2 rings (SSSR count). The van der Waals surface area contributed by atoms with Gasteiger partial charge in [0.2, 0.25) is 0 Å². The highest BCUT2D eigenvalue weighted by atomic mass is 16.5. The lowest BCUT2D eigenvalue weighted by Gasteiger charge is -2.23. The van der Waals surface area contributed by atoms with Crippen LogP contribution in [0.1, 0.15) is 56.0 Å². The Bertz CT molecular complexity index is 369. The molecule has 1 aromatic heterocycles. The molecule has 0 aliphatic heterocycles. The highest BCUT2D eigenvalue weighted by Crippen LogP contribution is 2.35. The Morgan fingerprint density at radius 1 is 1.69 bits per heavy atom. The predicted octanol–water partition coefficient (Wildman–Crippen LogP) is 2.34. The highest BCUT2D eigenvalue weighted by molar-refractivity contribution is 5.76. The quantitative estimate of drug-likeness (QED) is 0.795. The van der Waals surface area contributed by atoms with Crippen molar-refractivity contribution in [2.45, 2.75) is 44.4 Å². The van der Waals surface area contributed by atoms with Crippen LogP contribution in [0.4, 0.5) is 0 Å². The summed E-state index contributed by atoms with van der Waals surface area (Å²) in [6.45, 7) is 1.97. The maximum atomic E-state index is 11.5. The first kappa shape index (κ1) is 11.2. The van der Waals surface area contributed by atoms with Gasteiger partial charge in [-0.05, 0) is 19.3 Å². The number of hydrogen-bond donors (Lipinski definition) is 1. The number of hydrogen-bond acceptors (Lipinski definition) is 3. The van der Waals surface area contributed by atoms with Crippen LogP contribution in [0.5, 0.6) is 0 Å². The van der Waals surface area contributed by atoms with E-state index in [4.69, 9.17) is 4.74 Å². The largest absolute Gasteiger partial charge is 0.468 e. The maximum absolute atomic E-state index is 11.5. The number of imidazole rings is 1. The Kier molecular flexibility index (Phi) is 3.27. The molecule has 0 bridgehead atoms. The van der Waals surface area contributed by atoms with Crippen molar-refractivity contribution in [3.8, 4) is 0 Å². The van der Waals surface area contributed by atoms with Gasteiger partial charge in [-0.3, -0.25) is 4.79 Å². The lowest BCUT2D eigenvalue weighted by molar-refractivity contribution is -0.142. The average Bonchev–Trinajstić information content (AvgIpc) is 2.65. The molecule has 4 heteroatoms. The van der Waals surface area contributed by atoms with Crippen LogP contribution in [0.15, 0.2) is 6.20 Å². The average molecular weight is 222 g/mol. The standard InChI is InChI=1S/C12H18N2O2/c1-3-9(12(15)16-2)11-13-7-10(14-11)8-5-4-6-8/h7-9H,3-6H2,1-2H3,(H,13,14). The SMILES string of the molecule is CCC(C(=O)OC)c1ncc(C2CCC2)[nH]1. The van der Waals surface area contributed by atoms with Crippen LogP contribution in [-0.2, 0) is 9.53 Å². The van der Waals surface area contributed by atoms with Crippen molar-refractivity contribution in [2.75, 3.05) is 7.11 Å². The minimum Gasteiger partial charge on any atom is -0.468 e. The van der Waals surface area contributed by atoms with E-state index in [0.29, 0.717) is 12.3 Å². The van der Waals surface area contributed by atoms with E-state index < -0.39 is 0 Å². The zero-order chi connectivity index (χ0) is 11.5. The fraction of sp³-hybridized carbons (Fsp3) is 0.667. The van der Waals surface area contributed by atoms with Crippen LogP contribution >= 0.6 is 0 Å². The van der Waals surface area contributed by atoms with E-state index >= 15 is 0 Å². The molecule has 1 aliphatic carbocycles. The van der Waals surface area contributed by atoms with Crippen LogP contribution in [0.3, 0.4) is 0 Å². The lowest BCUT2D eigenvalue weighted by Crippen LogP contribution is -2.15. The summed E-state index contributed by atoms with van der Waals surface area (Å²) >= 11 is 0. The van der Waals surface area contributed by atoms with Gasteiger partial charge in [-0.1, -0.05) is 13.3 Å². The van der Waals surface area contributed by atoms with E-state index in [1.165, 1.54) is 32.1 Å². The van der Waals surface area contributed by atoms with Crippen molar-refractivity contribution in [1.29, 1.82) is 0 Å². The number of carbonyl (C=O) groups excluding carboxylic acids is 1. The molecule has 0 saturated heterocycles. The van der Waals surface area contributed by atoms with E-state index in [1.54, 1.807) is 0 Å². The number of nitrogens with zero attached hydrogens (tertiary/aromatic N) is 1. The molecule has 1 N–H and O–H groups in total. The normalized spacial score (nSPS) is 17.9. The number of aromatic nitrogens is 2. The molecule has 0 amide bonds. The predicted molar refractivity (Wildman–Crippen MR) is 60.2 cm³/mol. The second-order valence-corrected chi connectivity index (χ2v) is 4.34. The molecule has 1 saturated carbocycles. The van der Waals surface area contributed by atoms with E-state index in [9.17, 15) is 4.79 Å². The molecular weight excluding hydrogens is 204 g/mol. The molecular formula is C12H18N2O2. The van der Waals surface area contributed by atoms with Crippen LogP contribution in [-0.4, -0.2) is 23.0 Å². The van der Waals surface area contributed by atoms with E-state index in [-0.39, 0.29) is 11.9 Å². The molecule has 1 atom stereocenters. The Balaban J connectivity index is 2.12. The first-order valence-electron chi connectivity index (χ1n) is 5.88. The summed E-state index contributed by atoms with van der Waals surface area (Å²) in [5.74, 6) is 0.906. The third-order valence-corrected chi connectivity index (χ3v) is 3.38. The smallest absolute Gasteiger partial charge is 0.316 e. The van der Waals surface area contributed by atoms with Crippen LogP contribution in [0.25, 0.3) is 0 Å². The fourth-order valence-corrected chi connectivity index (χ4v) is 2.07. The van der Waals surface area contributed by atoms with Gasteiger partial charge in [0.25, 0.3) is 0 Å². The molecule has 1 unspecified atom stereocenters. The van der Waals surface area contributed by atoms with Gasteiger partial charge in [0.15, 0.2) is 0 Å². The van der Waals surface area contributed by atoms with Gasteiger partial charge in [-0.2, -0.15) is 0 Å². The number of H-pyrrole nitrogens is 1. The lowest BCUT2D eigenvalue weighted by atomic mass is 9.83. The minimum atomic E-state index is -0.251. The van der Waals surface area contributed by atoms with E-state index in [1.807, 2.05) is 13.1 Å². The molecule has 4 nitrogen and oxygen atoms in total. The molecule has 0 radical (unpaired) electrons. The zero-order valence-electron chi connectivity index (χ0n) is 9.82. The highest BCUT2D eigenvalue weighted by Gasteiger charge is 2.26. The van der Waals surface area contributed by atoms with Crippen molar-refractivity contribution in [3.05, 3.63) is 17.7 Å². The van der Waals surface area contributed by atoms with Crippen molar-refractivity contribution in [3.63, 3.8) is 0 Å². The molecule has 1 fully saturated rings. The first-order chi connectivity index (χ1) is 7.76. The second kappa shape index (κ2) is 4.68. The molecule has 1 aliphatic rings. The van der Waals surface area contributed by atoms with Gasteiger partial charge in [0.05, 0.1) is 7.11 Å². The van der Waals surface area contributed by atoms with Crippen molar-refractivity contribution in [2.24, 2.45) is 0 Å². The third-order valence-electron chi connectivity index (χ3n) is 3.38. The Morgan fingerprint density at radius 2 is 2.44 bits per heavy atom. The summed E-state index contributed by atoms with van der Waals surface area (Å²) in [5, 5.41) is 0. The zero-order valence-corrected chi connectivity index (χ0v) is 9.82. The summed E-state index contributed by atoms with van der Waals surface area (Å²) in [5.41, 5.74) is 1.17. The summed E-state index contributed by atoms with van der Waals surface area (Å²) in [6.07, 6.45) is 6.34. The van der Waals surface area contributed by atoms with Gasteiger partial charge < -0.3 is 9.72 Å². The molecule has 16 heavy (non-hydrogen) atoms.